The van der Waals surface area contributed by atoms with Crippen molar-refractivity contribution in [3.8, 4) is 0 Å². The van der Waals surface area contributed by atoms with E-state index in [0.29, 0.717) is 18.6 Å². The summed E-state index contributed by atoms with van der Waals surface area (Å²) >= 11 is 0. The first-order valence-electron chi connectivity index (χ1n) is 7.11. The zero-order valence-electron chi connectivity index (χ0n) is 11.1. The largest absolute Gasteiger partial charge is 0.378 e. The number of nitrogens with two attached hydrogens (primary N) is 1. The van der Waals surface area contributed by atoms with Gasteiger partial charge in [-0.25, -0.2) is 0 Å². The van der Waals surface area contributed by atoms with Gasteiger partial charge >= 0.3 is 0 Å². The van der Waals surface area contributed by atoms with Crippen molar-refractivity contribution >= 4 is 5.96 Å². The third-order valence-electron chi connectivity index (χ3n) is 3.54. The summed E-state index contributed by atoms with van der Waals surface area (Å²) in [4.78, 5) is 4.31. The molecule has 0 spiro atoms. The SMILES string of the molecule is NC(=NCC1CCCO1)NCCC1CCCCO1. The summed E-state index contributed by atoms with van der Waals surface area (Å²) < 4.78 is 11.2. The molecule has 104 valence electrons. The van der Waals surface area contributed by atoms with Crippen molar-refractivity contribution in [2.75, 3.05) is 26.3 Å². The lowest BCUT2D eigenvalue weighted by Gasteiger charge is -2.22. The lowest BCUT2D eigenvalue weighted by atomic mass is 10.1. The minimum absolute atomic E-state index is 0.270. The Labute approximate surface area is 109 Å². The van der Waals surface area contributed by atoms with Gasteiger partial charge in [0, 0.05) is 19.8 Å². The van der Waals surface area contributed by atoms with Gasteiger partial charge in [-0.2, -0.15) is 0 Å². The summed E-state index contributed by atoms with van der Waals surface area (Å²) in [6.07, 6.45) is 7.59. The summed E-state index contributed by atoms with van der Waals surface area (Å²) in [7, 11) is 0. The first kappa shape index (κ1) is 13.6. The van der Waals surface area contributed by atoms with E-state index >= 15 is 0 Å². The second-order valence-electron chi connectivity index (χ2n) is 5.06. The molecule has 0 aromatic carbocycles. The number of hydrogen-bond donors (Lipinski definition) is 2. The lowest BCUT2D eigenvalue weighted by Crippen LogP contribution is -2.35. The molecule has 0 amide bonds. The lowest BCUT2D eigenvalue weighted by molar-refractivity contribution is 0.0122. The second kappa shape index (κ2) is 7.59. The van der Waals surface area contributed by atoms with Crippen LogP contribution in [-0.2, 0) is 9.47 Å². The minimum atomic E-state index is 0.270. The maximum Gasteiger partial charge on any atom is 0.188 e. The second-order valence-corrected chi connectivity index (χ2v) is 5.06. The zero-order chi connectivity index (χ0) is 12.6. The Kier molecular flexibility index (Phi) is 5.74. The molecule has 2 saturated heterocycles. The Hall–Kier alpha value is -0.810. The zero-order valence-corrected chi connectivity index (χ0v) is 11.1. The van der Waals surface area contributed by atoms with E-state index in [4.69, 9.17) is 15.2 Å². The molecule has 2 rings (SSSR count). The molecule has 2 fully saturated rings. The maximum atomic E-state index is 5.81. The van der Waals surface area contributed by atoms with Gasteiger partial charge in [0.2, 0.25) is 0 Å². The highest BCUT2D eigenvalue weighted by Crippen LogP contribution is 2.14. The molecule has 0 aliphatic carbocycles. The van der Waals surface area contributed by atoms with Crippen molar-refractivity contribution in [2.45, 2.75) is 50.7 Å². The van der Waals surface area contributed by atoms with Crippen LogP contribution in [0.3, 0.4) is 0 Å². The molecule has 0 bridgehead atoms. The normalized spacial score (nSPS) is 29.4. The predicted molar refractivity (Wildman–Crippen MR) is 71.7 cm³/mol. The van der Waals surface area contributed by atoms with E-state index in [-0.39, 0.29) is 6.10 Å². The average molecular weight is 255 g/mol. The van der Waals surface area contributed by atoms with Gasteiger partial charge in [-0.3, -0.25) is 4.99 Å². The van der Waals surface area contributed by atoms with Crippen LogP contribution in [0.25, 0.3) is 0 Å². The molecule has 2 heterocycles. The Morgan fingerprint density at radius 1 is 1.11 bits per heavy atom. The monoisotopic (exact) mass is 255 g/mol. The molecule has 18 heavy (non-hydrogen) atoms. The number of nitrogens with one attached hydrogen (secondary N) is 1. The maximum absolute atomic E-state index is 5.81. The van der Waals surface area contributed by atoms with Crippen LogP contribution in [0.5, 0.6) is 0 Å². The number of hydrogen-bond acceptors (Lipinski definition) is 3. The quantitative estimate of drug-likeness (QED) is 0.568. The van der Waals surface area contributed by atoms with Gasteiger partial charge in [-0.1, -0.05) is 0 Å². The fourth-order valence-corrected chi connectivity index (χ4v) is 2.44. The number of nitrogens with zero attached hydrogens (tertiary/aromatic N) is 1. The number of ether oxygens (including phenoxy) is 2. The van der Waals surface area contributed by atoms with Gasteiger partial charge in [-0.05, 0) is 38.5 Å². The molecule has 2 atom stereocenters. The molecular weight excluding hydrogens is 230 g/mol. The van der Waals surface area contributed by atoms with Crippen LogP contribution >= 0.6 is 0 Å². The first-order chi connectivity index (χ1) is 8.84. The predicted octanol–water partition coefficient (Wildman–Crippen LogP) is 1.03. The highest BCUT2D eigenvalue weighted by atomic mass is 16.5. The third kappa shape index (κ3) is 4.82. The van der Waals surface area contributed by atoms with Gasteiger partial charge in [0.1, 0.15) is 0 Å². The van der Waals surface area contributed by atoms with Crippen molar-refractivity contribution in [3.05, 3.63) is 0 Å². The van der Waals surface area contributed by atoms with Crippen molar-refractivity contribution < 1.29 is 9.47 Å². The topological polar surface area (TPSA) is 68.9 Å². The Balaban J connectivity index is 1.55. The van der Waals surface area contributed by atoms with E-state index in [2.05, 4.69) is 10.3 Å². The summed E-state index contributed by atoms with van der Waals surface area (Å²) in [6.45, 7) is 3.30. The fraction of sp³-hybridized carbons (Fsp3) is 0.923. The molecule has 3 N–H and O–H groups in total. The average Bonchev–Trinajstić information content (AvgIpc) is 2.91. The van der Waals surface area contributed by atoms with Gasteiger partial charge in [0.05, 0.1) is 18.8 Å². The minimum Gasteiger partial charge on any atom is -0.378 e. The number of guanidine groups is 1. The van der Waals surface area contributed by atoms with Crippen LogP contribution in [0.1, 0.15) is 38.5 Å². The van der Waals surface area contributed by atoms with E-state index in [1.54, 1.807) is 0 Å². The molecule has 0 aromatic rings. The smallest absolute Gasteiger partial charge is 0.188 e. The standard InChI is InChI=1S/C13H25N3O2/c14-13(16-10-12-5-3-9-18-12)15-7-6-11-4-1-2-8-17-11/h11-12H,1-10H2,(H3,14,15,16). The molecule has 2 aliphatic heterocycles. The van der Waals surface area contributed by atoms with E-state index in [9.17, 15) is 0 Å². The van der Waals surface area contributed by atoms with E-state index in [0.717, 1.165) is 39.0 Å². The van der Waals surface area contributed by atoms with Crippen molar-refractivity contribution in [1.82, 2.24) is 5.32 Å². The molecule has 5 nitrogen and oxygen atoms in total. The highest BCUT2D eigenvalue weighted by Gasteiger charge is 2.15. The van der Waals surface area contributed by atoms with Gasteiger partial charge < -0.3 is 20.5 Å². The van der Waals surface area contributed by atoms with E-state index in [1.807, 2.05) is 0 Å². The summed E-state index contributed by atoms with van der Waals surface area (Å²) in [6, 6.07) is 0. The van der Waals surface area contributed by atoms with Crippen LogP contribution in [0, 0.1) is 0 Å². The Morgan fingerprint density at radius 2 is 1.89 bits per heavy atom. The van der Waals surface area contributed by atoms with E-state index < -0.39 is 0 Å². The van der Waals surface area contributed by atoms with Crippen LogP contribution in [0.4, 0.5) is 0 Å². The molecule has 5 heteroatoms. The molecule has 0 aromatic heterocycles. The Morgan fingerprint density at radius 3 is 2.61 bits per heavy atom. The van der Waals surface area contributed by atoms with Crippen LogP contribution in [-0.4, -0.2) is 44.5 Å². The summed E-state index contributed by atoms with van der Waals surface area (Å²) in [5.41, 5.74) is 5.81. The number of rotatable bonds is 5. The molecular formula is C13H25N3O2. The van der Waals surface area contributed by atoms with Crippen molar-refractivity contribution in [1.29, 1.82) is 0 Å². The molecule has 0 saturated carbocycles. The third-order valence-corrected chi connectivity index (χ3v) is 3.54. The van der Waals surface area contributed by atoms with Crippen molar-refractivity contribution in [3.63, 3.8) is 0 Å². The molecule has 2 unspecified atom stereocenters. The Bertz CT molecular complexity index is 259. The van der Waals surface area contributed by atoms with Crippen LogP contribution < -0.4 is 11.1 Å². The van der Waals surface area contributed by atoms with E-state index in [1.165, 1.54) is 19.3 Å². The van der Waals surface area contributed by atoms with Crippen LogP contribution in [0.15, 0.2) is 4.99 Å². The molecule has 0 radical (unpaired) electrons. The number of aliphatic imine (C=N–C) groups is 1. The summed E-state index contributed by atoms with van der Waals surface area (Å²) in [5.74, 6) is 0.529. The first-order valence-corrected chi connectivity index (χ1v) is 7.11. The van der Waals surface area contributed by atoms with Gasteiger partial charge in [-0.15, -0.1) is 0 Å². The molecule has 2 aliphatic rings. The summed E-state index contributed by atoms with van der Waals surface area (Å²) in [5, 5.41) is 3.15. The fourth-order valence-electron chi connectivity index (χ4n) is 2.44. The van der Waals surface area contributed by atoms with Crippen LogP contribution in [0.2, 0.25) is 0 Å². The van der Waals surface area contributed by atoms with Gasteiger partial charge in [0.15, 0.2) is 5.96 Å². The van der Waals surface area contributed by atoms with Gasteiger partial charge in [0.25, 0.3) is 0 Å². The highest BCUT2D eigenvalue weighted by molar-refractivity contribution is 5.77. The van der Waals surface area contributed by atoms with Crippen molar-refractivity contribution in [2.24, 2.45) is 10.7 Å².